The van der Waals surface area contributed by atoms with E-state index < -0.39 is 0 Å². The number of hydrogen-bond donors (Lipinski definition) is 0. The fraction of sp³-hybridized carbons (Fsp3) is 0.643. The van der Waals surface area contributed by atoms with Gasteiger partial charge in [-0.05, 0) is 44.6 Å². The van der Waals surface area contributed by atoms with Gasteiger partial charge in [0.2, 0.25) is 5.91 Å². The van der Waals surface area contributed by atoms with Crippen molar-refractivity contribution in [3.05, 3.63) is 24.0 Å². The summed E-state index contributed by atoms with van der Waals surface area (Å²) in [5.74, 6) is 0.0408. The van der Waals surface area contributed by atoms with Gasteiger partial charge in [0.05, 0.1) is 17.4 Å². The van der Waals surface area contributed by atoms with E-state index in [-0.39, 0.29) is 5.91 Å². The van der Waals surface area contributed by atoms with Gasteiger partial charge in [0.15, 0.2) is 0 Å². The molecule has 5 heteroatoms. The Labute approximate surface area is 113 Å². The van der Waals surface area contributed by atoms with Crippen LogP contribution in [0.1, 0.15) is 43.1 Å². The van der Waals surface area contributed by atoms with Crippen LogP contribution in [0, 0.1) is 0 Å². The summed E-state index contributed by atoms with van der Waals surface area (Å²) < 4.78 is 2.13. The third-order valence-electron chi connectivity index (χ3n) is 4.25. The first-order valence-corrected chi connectivity index (χ1v) is 7.14. The molecule has 0 radical (unpaired) electrons. The number of carbonyl (C=O) groups excluding carboxylic acids is 1. The highest BCUT2D eigenvalue weighted by atomic mass is 16.2. The number of nitrogens with zero attached hydrogens (tertiary/aromatic N) is 4. The maximum Gasteiger partial charge on any atom is 0.245 e. The summed E-state index contributed by atoms with van der Waals surface area (Å²) in [6.07, 6.45) is 7.99. The van der Waals surface area contributed by atoms with Gasteiger partial charge in [-0.2, -0.15) is 0 Å². The van der Waals surface area contributed by atoms with Crippen molar-refractivity contribution in [2.75, 3.05) is 13.1 Å². The average molecular weight is 260 g/mol. The van der Waals surface area contributed by atoms with Crippen molar-refractivity contribution >= 4 is 5.91 Å². The lowest BCUT2D eigenvalue weighted by atomic mass is 9.99. The second-order valence-corrected chi connectivity index (χ2v) is 5.40. The van der Waals surface area contributed by atoms with Gasteiger partial charge in [-0.3, -0.25) is 4.79 Å². The zero-order valence-corrected chi connectivity index (χ0v) is 11.2. The van der Waals surface area contributed by atoms with Crippen LogP contribution < -0.4 is 0 Å². The van der Waals surface area contributed by atoms with Crippen molar-refractivity contribution in [3.8, 4) is 0 Å². The molecule has 0 N–H and O–H groups in total. The van der Waals surface area contributed by atoms with Crippen molar-refractivity contribution in [2.45, 2.75) is 44.6 Å². The first kappa shape index (κ1) is 12.4. The second kappa shape index (κ2) is 5.15. The minimum absolute atomic E-state index is 0.0408. The van der Waals surface area contributed by atoms with Crippen LogP contribution >= 0.6 is 0 Å². The van der Waals surface area contributed by atoms with E-state index in [9.17, 15) is 4.79 Å². The number of piperidine rings is 1. The summed E-state index contributed by atoms with van der Waals surface area (Å²) in [5, 5.41) is 8.67. The van der Waals surface area contributed by atoms with E-state index in [1.54, 1.807) is 0 Å². The molecular formula is C14H20N4O. The van der Waals surface area contributed by atoms with E-state index in [0.717, 1.165) is 38.8 Å². The molecule has 2 aliphatic rings. The van der Waals surface area contributed by atoms with Crippen LogP contribution in [-0.4, -0.2) is 38.9 Å². The highest BCUT2D eigenvalue weighted by Gasteiger charge is 2.27. The van der Waals surface area contributed by atoms with Crippen molar-refractivity contribution < 1.29 is 4.79 Å². The van der Waals surface area contributed by atoms with Gasteiger partial charge in [-0.1, -0.05) is 11.8 Å². The molecule has 3 rings (SSSR count). The molecule has 19 heavy (non-hydrogen) atoms. The Balaban J connectivity index is 1.70. The second-order valence-electron chi connectivity index (χ2n) is 5.40. The number of carbonyl (C=O) groups is 1. The van der Waals surface area contributed by atoms with Gasteiger partial charge in [0.1, 0.15) is 0 Å². The van der Waals surface area contributed by atoms with Crippen molar-refractivity contribution in [1.29, 1.82) is 0 Å². The number of hydrogen-bond acceptors (Lipinski definition) is 3. The zero-order chi connectivity index (χ0) is 13.2. The topological polar surface area (TPSA) is 51.0 Å². The average Bonchev–Trinajstić information content (AvgIpc) is 2.90. The maximum atomic E-state index is 11.6. The smallest absolute Gasteiger partial charge is 0.245 e. The fourth-order valence-corrected chi connectivity index (χ4v) is 3.14. The van der Waals surface area contributed by atoms with Gasteiger partial charge in [0.25, 0.3) is 0 Å². The van der Waals surface area contributed by atoms with Crippen LogP contribution in [0.3, 0.4) is 0 Å². The number of amides is 1. The molecule has 102 valence electrons. The van der Waals surface area contributed by atoms with Crippen LogP contribution in [0.4, 0.5) is 0 Å². The monoisotopic (exact) mass is 260 g/mol. The Morgan fingerprint density at radius 3 is 2.74 bits per heavy atom. The lowest BCUT2D eigenvalue weighted by molar-refractivity contribution is -0.127. The van der Waals surface area contributed by atoms with Gasteiger partial charge < -0.3 is 4.90 Å². The van der Waals surface area contributed by atoms with Crippen LogP contribution in [-0.2, 0) is 17.6 Å². The van der Waals surface area contributed by atoms with E-state index in [1.807, 2.05) is 4.90 Å². The zero-order valence-electron chi connectivity index (χ0n) is 11.2. The number of likely N-dealkylation sites (tertiary alicyclic amines) is 1. The fourth-order valence-electron chi connectivity index (χ4n) is 3.14. The molecule has 0 atom stereocenters. The van der Waals surface area contributed by atoms with Crippen molar-refractivity contribution in [2.24, 2.45) is 0 Å². The van der Waals surface area contributed by atoms with Crippen molar-refractivity contribution in [3.63, 3.8) is 0 Å². The largest absolute Gasteiger partial charge is 0.339 e. The number of rotatable bonds is 2. The van der Waals surface area contributed by atoms with Gasteiger partial charge >= 0.3 is 0 Å². The summed E-state index contributed by atoms with van der Waals surface area (Å²) in [4.78, 5) is 13.4. The van der Waals surface area contributed by atoms with Crippen LogP contribution in [0.15, 0.2) is 12.7 Å². The number of aromatic nitrogens is 3. The molecule has 1 aliphatic carbocycles. The minimum atomic E-state index is 0.0408. The molecule has 5 nitrogen and oxygen atoms in total. The predicted octanol–water partition coefficient (Wildman–Crippen LogP) is 1.51. The number of fused-ring (bicyclic) bond motifs is 1. The highest BCUT2D eigenvalue weighted by Crippen LogP contribution is 2.27. The minimum Gasteiger partial charge on any atom is -0.339 e. The standard InChI is InChI=1S/C14H20N4O/c1-2-14(19)17-9-7-11(8-10-17)18-13-6-4-3-5-12(13)15-16-18/h2,11H,1,3-10H2. The SMILES string of the molecule is C=CC(=O)N1CCC(n2nnc3c2CCCC3)CC1. The van der Waals surface area contributed by atoms with Gasteiger partial charge in [-0.15, -0.1) is 5.10 Å². The summed E-state index contributed by atoms with van der Waals surface area (Å²) in [6.45, 7) is 5.14. The third-order valence-corrected chi connectivity index (χ3v) is 4.25. The molecule has 0 bridgehead atoms. The summed E-state index contributed by atoms with van der Waals surface area (Å²) in [7, 11) is 0. The molecule has 1 fully saturated rings. The first-order valence-electron chi connectivity index (χ1n) is 7.14. The van der Waals surface area contributed by atoms with E-state index in [4.69, 9.17) is 0 Å². The maximum absolute atomic E-state index is 11.6. The molecule has 0 unspecified atom stereocenters. The molecule has 1 aromatic heterocycles. The Hall–Kier alpha value is -1.65. The van der Waals surface area contributed by atoms with Crippen molar-refractivity contribution in [1.82, 2.24) is 19.9 Å². The van der Waals surface area contributed by atoms with Gasteiger partial charge in [0, 0.05) is 13.1 Å². The Kier molecular flexibility index (Phi) is 3.36. The van der Waals surface area contributed by atoms with E-state index in [2.05, 4.69) is 21.6 Å². The van der Waals surface area contributed by atoms with E-state index in [0.29, 0.717) is 6.04 Å². The molecule has 1 aromatic rings. The highest BCUT2D eigenvalue weighted by molar-refractivity contribution is 5.87. The summed E-state index contributed by atoms with van der Waals surface area (Å²) in [5.41, 5.74) is 2.52. The number of aryl methyl sites for hydroxylation is 1. The Morgan fingerprint density at radius 2 is 2.00 bits per heavy atom. The Bertz CT molecular complexity index is 486. The Morgan fingerprint density at radius 1 is 1.26 bits per heavy atom. The van der Waals surface area contributed by atoms with Crippen LogP contribution in [0.25, 0.3) is 0 Å². The normalized spacial score (nSPS) is 20.1. The van der Waals surface area contributed by atoms with E-state index in [1.165, 1.54) is 30.3 Å². The lowest BCUT2D eigenvalue weighted by Crippen LogP contribution is -2.38. The first-order chi connectivity index (χ1) is 9.29. The molecule has 1 saturated heterocycles. The molecular weight excluding hydrogens is 240 g/mol. The van der Waals surface area contributed by atoms with E-state index >= 15 is 0 Å². The quantitative estimate of drug-likeness (QED) is 0.757. The molecule has 0 spiro atoms. The summed E-state index contributed by atoms with van der Waals surface area (Å²) in [6, 6.07) is 0.406. The third kappa shape index (κ3) is 2.29. The molecule has 2 heterocycles. The molecule has 1 aliphatic heterocycles. The van der Waals surface area contributed by atoms with Crippen LogP contribution in [0.5, 0.6) is 0 Å². The molecule has 1 amide bonds. The van der Waals surface area contributed by atoms with Gasteiger partial charge in [-0.25, -0.2) is 4.68 Å². The summed E-state index contributed by atoms with van der Waals surface area (Å²) >= 11 is 0. The van der Waals surface area contributed by atoms with Crippen LogP contribution in [0.2, 0.25) is 0 Å². The molecule has 0 aromatic carbocycles. The molecule has 0 saturated carbocycles. The predicted molar refractivity (Wildman–Crippen MR) is 71.7 cm³/mol. The lowest BCUT2D eigenvalue weighted by Gasteiger charge is -2.32.